The molecule has 0 bridgehead atoms. The van der Waals surface area contributed by atoms with Crippen molar-refractivity contribution < 1.29 is 35.7 Å². The Hall–Kier alpha value is -0.830. The van der Waals surface area contributed by atoms with Crippen LogP contribution in [-0.2, 0) is 19.1 Å². The summed E-state index contributed by atoms with van der Waals surface area (Å²) in [6, 6.07) is 0. The van der Waals surface area contributed by atoms with Crippen molar-refractivity contribution in [1.29, 1.82) is 0 Å². The molecule has 0 saturated carbocycles. The number of hydrogen-bond donors (Lipinski definition) is 1. The van der Waals surface area contributed by atoms with E-state index in [1.165, 1.54) is 0 Å². The van der Waals surface area contributed by atoms with Crippen molar-refractivity contribution in [2.75, 3.05) is 6.61 Å². The van der Waals surface area contributed by atoms with Crippen LogP contribution in [0.5, 0.6) is 0 Å². The van der Waals surface area contributed by atoms with Crippen LogP contribution >= 0.6 is 0 Å². The molecular formula is C3H3F3O5S. The molecule has 0 saturated heterocycles. The minimum atomic E-state index is -5.77. The third kappa shape index (κ3) is 3.05. The predicted octanol–water partition coefficient (Wildman–Crippen LogP) is -0.0628. The smallest absolute Gasteiger partial charge is 0.479 e. The average molecular weight is 208 g/mol. The van der Waals surface area contributed by atoms with Crippen molar-refractivity contribution in [1.82, 2.24) is 0 Å². The molecule has 9 heteroatoms. The van der Waals surface area contributed by atoms with Crippen LogP contribution in [0.2, 0.25) is 0 Å². The zero-order valence-electron chi connectivity index (χ0n) is 5.33. The van der Waals surface area contributed by atoms with E-state index in [9.17, 15) is 26.4 Å². The van der Waals surface area contributed by atoms with Crippen molar-refractivity contribution in [2.24, 2.45) is 0 Å². The van der Waals surface area contributed by atoms with Gasteiger partial charge in [0.15, 0.2) is 6.61 Å². The van der Waals surface area contributed by atoms with E-state index in [1.54, 1.807) is 0 Å². The highest BCUT2D eigenvalue weighted by Crippen LogP contribution is 2.24. The summed E-state index contributed by atoms with van der Waals surface area (Å²) in [7, 11) is -5.77. The van der Waals surface area contributed by atoms with E-state index < -0.39 is 28.2 Å². The van der Waals surface area contributed by atoms with E-state index in [0.29, 0.717) is 0 Å². The molecule has 0 spiro atoms. The molecule has 0 aromatic rings. The number of carboxylic acids is 1. The molecule has 12 heavy (non-hydrogen) atoms. The molecule has 0 unspecified atom stereocenters. The summed E-state index contributed by atoms with van der Waals surface area (Å²) in [6.45, 7) is -1.54. The first-order valence-corrected chi connectivity index (χ1v) is 3.75. The Labute approximate surface area is 64.9 Å². The average Bonchev–Trinajstić information content (AvgIpc) is 1.81. The lowest BCUT2D eigenvalue weighted by Gasteiger charge is -2.05. The Kier molecular flexibility index (Phi) is 3.04. The van der Waals surface area contributed by atoms with Gasteiger partial charge in [-0.1, -0.05) is 0 Å². The molecule has 0 aliphatic carbocycles. The molecule has 0 aromatic heterocycles. The second kappa shape index (κ2) is 3.27. The van der Waals surface area contributed by atoms with Gasteiger partial charge in [0, 0.05) is 0 Å². The molecule has 72 valence electrons. The van der Waals surface area contributed by atoms with E-state index >= 15 is 0 Å². The molecule has 0 fully saturated rings. The first kappa shape index (κ1) is 11.2. The standard InChI is InChI=1S/C3H3F3O5S/c4-3(5,6)12(9,10)11-1-2(7)8/h1H2,(H,7,8). The monoisotopic (exact) mass is 208 g/mol. The Morgan fingerprint density at radius 2 is 1.83 bits per heavy atom. The van der Waals surface area contributed by atoms with Gasteiger partial charge in [-0.3, -0.25) is 4.18 Å². The molecule has 5 nitrogen and oxygen atoms in total. The first-order valence-electron chi connectivity index (χ1n) is 2.34. The van der Waals surface area contributed by atoms with E-state index in [0.717, 1.165) is 0 Å². The van der Waals surface area contributed by atoms with Crippen molar-refractivity contribution in [3.8, 4) is 0 Å². The minimum absolute atomic E-state index is 1.54. The van der Waals surface area contributed by atoms with Crippen LogP contribution in [0.3, 0.4) is 0 Å². The van der Waals surface area contributed by atoms with Gasteiger partial charge in [-0.15, -0.1) is 0 Å². The molecule has 0 radical (unpaired) electrons. The second-order valence-corrected chi connectivity index (χ2v) is 3.16. The van der Waals surface area contributed by atoms with Gasteiger partial charge >= 0.3 is 21.6 Å². The van der Waals surface area contributed by atoms with Crippen LogP contribution < -0.4 is 0 Å². The lowest BCUT2D eigenvalue weighted by molar-refractivity contribution is -0.139. The summed E-state index contributed by atoms with van der Waals surface area (Å²) < 4.78 is 57.1. The number of rotatable bonds is 3. The summed E-state index contributed by atoms with van der Waals surface area (Å²) in [5.74, 6) is -1.80. The minimum Gasteiger partial charge on any atom is -0.479 e. The quantitative estimate of drug-likeness (QED) is 0.519. The summed E-state index contributed by atoms with van der Waals surface area (Å²) in [4.78, 5) is 9.62. The highest BCUT2D eigenvalue weighted by atomic mass is 32.2. The maximum atomic E-state index is 11.4. The molecule has 0 rings (SSSR count). The van der Waals surface area contributed by atoms with Gasteiger partial charge in [0.25, 0.3) is 0 Å². The van der Waals surface area contributed by atoms with Gasteiger partial charge in [-0.25, -0.2) is 4.79 Å². The topological polar surface area (TPSA) is 80.7 Å². The zero-order valence-corrected chi connectivity index (χ0v) is 6.15. The van der Waals surface area contributed by atoms with E-state index in [1.807, 2.05) is 0 Å². The number of aliphatic carboxylic acids is 1. The Balaban J connectivity index is 4.37. The van der Waals surface area contributed by atoms with Crippen LogP contribution in [-0.4, -0.2) is 31.6 Å². The van der Waals surface area contributed by atoms with E-state index in [-0.39, 0.29) is 0 Å². The van der Waals surface area contributed by atoms with Crippen LogP contribution in [0.1, 0.15) is 0 Å². The summed E-state index contributed by atoms with van der Waals surface area (Å²) >= 11 is 0. The number of carboxylic acid groups (broad SMARTS) is 1. The van der Waals surface area contributed by atoms with E-state index in [4.69, 9.17) is 5.11 Å². The van der Waals surface area contributed by atoms with Gasteiger partial charge in [0.1, 0.15) is 0 Å². The number of alkyl halides is 3. The van der Waals surface area contributed by atoms with Crippen LogP contribution in [0.4, 0.5) is 13.2 Å². The van der Waals surface area contributed by atoms with Gasteiger partial charge in [0.2, 0.25) is 0 Å². The van der Waals surface area contributed by atoms with Gasteiger partial charge < -0.3 is 5.11 Å². The Morgan fingerprint density at radius 1 is 1.42 bits per heavy atom. The van der Waals surface area contributed by atoms with Crippen LogP contribution in [0.15, 0.2) is 0 Å². The summed E-state index contributed by atoms with van der Waals surface area (Å²) in [5.41, 5.74) is -5.58. The summed E-state index contributed by atoms with van der Waals surface area (Å²) in [5, 5.41) is 7.79. The third-order valence-corrected chi connectivity index (χ3v) is 1.62. The highest BCUT2D eigenvalue weighted by Gasteiger charge is 2.47. The van der Waals surface area contributed by atoms with Crippen molar-refractivity contribution in [3.05, 3.63) is 0 Å². The number of hydrogen-bond acceptors (Lipinski definition) is 4. The van der Waals surface area contributed by atoms with Crippen molar-refractivity contribution >= 4 is 16.1 Å². The zero-order chi connectivity index (χ0) is 9.99. The fraction of sp³-hybridized carbons (Fsp3) is 0.667. The molecule has 1 N–H and O–H groups in total. The fourth-order valence-electron chi connectivity index (χ4n) is 0.195. The van der Waals surface area contributed by atoms with Gasteiger partial charge in [-0.2, -0.15) is 21.6 Å². The van der Waals surface area contributed by atoms with Crippen molar-refractivity contribution in [3.63, 3.8) is 0 Å². The maximum Gasteiger partial charge on any atom is 0.523 e. The Morgan fingerprint density at radius 3 is 2.08 bits per heavy atom. The maximum absolute atomic E-state index is 11.4. The molecule has 0 aliphatic heterocycles. The molecule has 0 aliphatic rings. The highest BCUT2D eigenvalue weighted by molar-refractivity contribution is 7.87. The van der Waals surface area contributed by atoms with Crippen LogP contribution in [0.25, 0.3) is 0 Å². The normalized spacial score (nSPS) is 12.9. The second-order valence-electron chi connectivity index (χ2n) is 1.56. The largest absolute Gasteiger partial charge is 0.523 e. The fourth-order valence-corrected chi connectivity index (χ4v) is 0.584. The number of carbonyl (C=O) groups is 1. The first-order chi connectivity index (χ1) is 5.17. The van der Waals surface area contributed by atoms with Gasteiger partial charge in [0.05, 0.1) is 0 Å². The molecule has 0 aromatic carbocycles. The summed E-state index contributed by atoms with van der Waals surface area (Å²) in [6.07, 6.45) is 0. The Bertz CT molecular complexity index is 264. The third-order valence-electron chi connectivity index (χ3n) is 0.621. The predicted molar refractivity (Wildman–Crippen MR) is 28.6 cm³/mol. The molecule has 0 amide bonds. The molecule has 0 heterocycles. The number of halogens is 3. The van der Waals surface area contributed by atoms with Crippen LogP contribution in [0, 0.1) is 0 Å². The van der Waals surface area contributed by atoms with Gasteiger partial charge in [-0.05, 0) is 0 Å². The molecule has 0 atom stereocenters. The molecular weight excluding hydrogens is 205 g/mol. The lowest BCUT2D eigenvalue weighted by atomic mass is 10.8. The van der Waals surface area contributed by atoms with E-state index in [2.05, 4.69) is 4.18 Å². The SMILES string of the molecule is O=C(O)COS(=O)(=O)C(F)(F)F. The lowest BCUT2D eigenvalue weighted by Crippen LogP contribution is -2.27. The van der Waals surface area contributed by atoms with Crippen molar-refractivity contribution in [2.45, 2.75) is 5.51 Å².